The van der Waals surface area contributed by atoms with Gasteiger partial charge in [0.05, 0.1) is 17.6 Å². The third kappa shape index (κ3) is 4.08. The topological polar surface area (TPSA) is 73.0 Å². The molecule has 25 heavy (non-hydrogen) atoms. The Morgan fingerprint density at radius 3 is 2.88 bits per heavy atom. The lowest BCUT2D eigenvalue weighted by Gasteiger charge is -2.29. The van der Waals surface area contributed by atoms with Gasteiger partial charge in [-0.1, -0.05) is 31.5 Å². The van der Waals surface area contributed by atoms with Gasteiger partial charge in [-0.2, -0.15) is 0 Å². The lowest BCUT2D eigenvalue weighted by Crippen LogP contribution is -2.41. The van der Waals surface area contributed by atoms with Crippen LogP contribution in [0, 0.1) is 12.8 Å². The Morgan fingerprint density at radius 2 is 2.20 bits per heavy atom. The second-order valence-electron chi connectivity index (χ2n) is 6.67. The molecule has 1 N–H and O–H groups in total. The minimum Gasteiger partial charge on any atom is -0.469 e. The molecule has 2 aromatic rings. The van der Waals surface area contributed by atoms with Crippen LogP contribution in [0.1, 0.15) is 45.3 Å². The van der Waals surface area contributed by atoms with Gasteiger partial charge in [0.1, 0.15) is 5.76 Å². The van der Waals surface area contributed by atoms with Gasteiger partial charge in [0.15, 0.2) is 11.0 Å². The van der Waals surface area contributed by atoms with Crippen molar-refractivity contribution in [2.24, 2.45) is 5.92 Å². The third-order valence-electron chi connectivity index (χ3n) is 4.92. The zero-order valence-corrected chi connectivity index (χ0v) is 15.9. The molecule has 0 spiro atoms. The monoisotopic (exact) mass is 362 g/mol. The number of aryl methyl sites for hydroxylation is 1. The second-order valence-corrected chi connectivity index (χ2v) is 7.61. The normalized spacial score (nSPS) is 20.6. The smallest absolute Gasteiger partial charge is 0.230 e. The van der Waals surface area contributed by atoms with E-state index in [2.05, 4.69) is 29.4 Å². The summed E-state index contributed by atoms with van der Waals surface area (Å²) in [5, 5.41) is 12.5. The van der Waals surface area contributed by atoms with Gasteiger partial charge < -0.3 is 14.3 Å². The maximum Gasteiger partial charge on any atom is 0.230 e. The number of nitrogens with one attached hydrogen (secondary N) is 1. The van der Waals surface area contributed by atoms with Gasteiger partial charge >= 0.3 is 0 Å². The molecule has 2 aromatic heterocycles. The van der Waals surface area contributed by atoms with Crippen LogP contribution >= 0.6 is 11.8 Å². The van der Waals surface area contributed by atoms with E-state index in [1.54, 1.807) is 6.26 Å². The maximum absolute atomic E-state index is 12.3. The first-order chi connectivity index (χ1) is 12.1. The highest BCUT2D eigenvalue weighted by atomic mass is 32.2. The SMILES string of the molecule is CCn1c(SCC(=O)N[C@H]2CCCC[C@@H]2C)nnc1-c1ccoc1C. The summed E-state index contributed by atoms with van der Waals surface area (Å²) in [6.45, 7) is 6.94. The summed E-state index contributed by atoms with van der Waals surface area (Å²) < 4.78 is 7.40. The summed E-state index contributed by atoms with van der Waals surface area (Å²) >= 11 is 1.44. The van der Waals surface area contributed by atoms with Crippen LogP contribution in [0.15, 0.2) is 21.9 Å². The molecule has 0 bridgehead atoms. The van der Waals surface area contributed by atoms with E-state index in [9.17, 15) is 4.79 Å². The van der Waals surface area contributed by atoms with Gasteiger partial charge in [-0.05, 0) is 38.7 Å². The van der Waals surface area contributed by atoms with E-state index in [0.29, 0.717) is 17.7 Å². The predicted octanol–water partition coefficient (Wildman–Crippen LogP) is 3.65. The molecule has 0 saturated heterocycles. The fourth-order valence-electron chi connectivity index (χ4n) is 3.41. The van der Waals surface area contributed by atoms with Gasteiger partial charge in [0.2, 0.25) is 5.91 Å². The van der Waals surface area contributed by atoms with Crippen molar-refractivity contribution >= 4 is 17.7 Å². The zero-order chi connectivity index (χ0) is 17.8. The van der Waals surface area contributed by atoms with Crippen molar-refractivity contribution < 1.29 is 9.21 Å². The van der Waals surface area contributed by atoms with Crippen LogP contribution in [0.2, 0.25) is 0 Å². The number of thioether (sulfide) groups is 1. The Bertz CT molecular complexity index is 724. The molecule has 7 heteroatoms. The first-order valence-corrected chi connectivity index (χ1v) is 9.98. The molecule has 0 aliphatic heterocycles. The fourth-order valence-corrected chi connectivity index (χ4v) is 4.22. The zero-order valence-electron chi connectivity index (χ0n) is 15.1. The maximum atomic E-state index is 12.3. The van der Waals surface area contributed by atoms with Crippen molar-refractivity contribution in [3.05, 3.63) is 18.1 Å². The van der Waals surface area contributed by atoms with E-state index in [0.717, 1.165) is 35.3 Å². The molecule has 0 aromatic carbocycles. The van der Waals surface area contributed by atoms with Crippen molar-refractivity contribution in [2.45, 2.75) is 64.2 Å². The van der Waals surface area contributed by atoms with Gasteiger partial charge in [-0.25, -0.2) is 0 Å². The molecule has 2 heterocycles. The van der Waals surface area contributed by atoms with Crippen molar-refractivity contribution in [2.75, 3.05) is 5.75 Å². The van der Waals surface area contributed by atoms with Crippen molar-refractivity contribution in [1.29, 1.82) is 0 Å². The van der Waals surface area contributed by atoms with Gasteiger partial charge in [-0.15, -0.1) is 10.2 Å². The van der Waals surface area contributed by atoms with E-state index >= 15 is 0 Å². The van der Waals surface area contributed by atoms with Crippen LogP contribution in [0.4, 0.5) is 0 Å². The fraction of sp³-hybridized carbons (Fsp3) is 0.611. The standard InChI is InChI=1S/C18H26N4O2S/c1-4-22-17(14-9-10-24-13(14)3)20-21-18(22)25-11-16(23)19-15-8-6-5-7-12(15)2/h9-10,12,15H,4-8,11H2,1-3H3,(H,19,23)/t12-,15-/m0/s1. The minimum absolute atomic E-state index is 0.0791. The number of furan rings is 1. The molecule has 0 radical (unpaired) electrons. The van der Waals surface area contributed by atoms with Crippen LogP contribution < -0.4 is 5.32 Å². The highest BCUT2D eigenvalue weighted by molar-refractivity contribution is 7.99. The van der Waals surface area contributed by atoms with E-state index < -0.39 is 0 Å². The second kappa shape index (κ2) is 8.08. The Morgan fingerprint density at radius 1 is 1.40 bits per heavy atom. The number of hydrogen-bond acceptors (Lipinski definition) is 5. The third-order valence-corrected chi connectivity index (χ3v) is 5.89. The lowest BCUT2D eigenvalue weighted by molar-refractivity contribution is -0.119. The number of hydrogen-bond donors (Lipinski definition) is 1. The Kier molecular flexibility index (Phi) is 5.83. The average molecular weight is 362 g/mol. The summed E-state index contributed by atoms with van der Waals surface area (Å²) in [6.07, 6.45) is 6.44. The molecule has 1 aliphatic rings. The van der Waals surface area contributed by atoms with Crippen molar-refractivity contribution in [3.63, 3.8) is 0 Å². The summed E-state index contributed by atoms with van der Waals surface area (Å²) in [4.78, 5) is 12.3. The molecule has 0 unspecified atom stereocenters. The molecule has 2 atom stereocenters. The lowest BCUT2D eigenvalue weighted by atomic mass is 9.86. The van der Waals surface area contributed by atoms with E-state index in [1.165, 1.54) is 31.0 Å². The number of nitrogens with zero attached hydrogens (tertiary/aromatic N) is 3. The van der Waals surface area contributed by atoms with Crippen LogP contribution in [0.5, 0.6) is 0 Å². The molecule has 1 fully saturated rings. The van der Waals surface area contributed by atoms with Crippen LogP contribution in [0.3, 0.4) is 0 Å². The Hall–Kier alpha value is -1.76. The molecule has 136 valence electrons. The molecule has 6 nitrogen and oxygen atoms in total. The quantitative estimate of drug-likeness (QED) is 0.794. The molecular weight excluding hydrogens is 336 g/mol. The average Bonchev–Trinajstić information content (AvgIpc) is 3.20. The van der Waals surface area contributed by atoms with Gasteiger partial charge in [0, 0.05) is 12.6 Å². The van der Waals surface area contributed by atoms with Crippen LogP contribution in [-0.2, 0) is 11.3 Å². The molecule has 1 aliphatic carbocycles. The van der Waals surface area contributed by atoms with Crippen molar-refractivity contribution in [1.82, 2.24) is 20.1 Å². The highest BCUT2D eigenvalue weighted by Gasteiger charge is 2.23. The predicted molar refractivity (Wildman–Crippen MR) is 98.4 cm³/mol. The minimum atomic E-state index is 0.0791. The van der Waals surface area contributed by atoms with Crippen LogP contribution in [-0.4, -0.2) is 32.5 Å². The summed E-state index contributed by atoms with van der Waals surface area (Å²) in [6, 6.07) is 2.21. The Balaban J connectivity index is 1.62. The van der Waals surface area contributed by atoms with Crippen LogP contribution in [0.25, 0.3) is 11.4 Å². The summed E-state index contributed by atoms with van der Waals surface area (Å²) in [7, 11) is 0. The first kappa shape index (κ1) is 18.0. The van der Waals surface area contributed by atoms with Gasteiger partial charge in [-0.3, -0.25) is 4.79 Å². The van der Waals surface area contributed by atoms with E-state index in [4.69, 9.17) is 4.42 Å². The number of carbonyl (C=O) groups excluding carboxylic acids is 1. The number of rotatable bonds is 6. The van der Waals surface area contributed by atoms with Gasteiger partial charge in [0.25, 0.3) is 0 Å². The van der Waals surface area contributed by atoms with E-state index in [-0.39, 0.29) is 5.91 Å². The molecule has 3 rings (SSSR count). The number of amides is 1. The number of aromatic nitrogens is 3. The largest absolute Gasteiger partial charge is 0.469 e. The summed E-state index contributed by atoms with van der Waals surface area (Å²) in [5.74, 6) is 2.62. The number of carbonyl (C=O) groups is 1. The van der Waals surface area contributed by atoms with Crippen molar-refractivity contribution in [3.8, 4) is 11.4 Å². The highest BCUT2D eigenvalue weighted by Crippen LogP contribution is 2.27. The summed E-state index contributed by atoms with van der Waals surface area (Å²) in [5.41, 5.74) is 0.946. The van der Waals surface area contributed by atoms with E-state index in [1.807, 2.05) is 17.6 Å². The molecule has 1 saturated carbocycles. The molecular formula is C18H26N4O2S. The Labute approximate surface area is 152 Å². The first-order valence-electron chi connectivity index (χ1n) is 9.00. The molecule has 1 amide bonds.